The van der Waals surface area contributed by atoms with Crippen LogP contribution in [-0.2, 0) is 11.3 Å². The molecule has 0 aliphatic heterocycles. The first-order valence-corrected chi connectivity index (χ1v) is 8.09. The molecule has 130 valence electrons. The average Bonchev–Trinajstić information content (AvgIpc) is 2.56. The molecule has 0 amide bonds. The second-order valence-corrected chi connectivity index (χ2v) is 5.40. The maximum atomic E-state index is 12.9. The number of hydrogen-bond acceptors (Lipinski definition) is 3. The molecule has 0 saturated heterocycles. The highest BCUT2D eigenvalue weighted by atomic mass is 19.1. The molecule has 0 heterocycles. The third-order valence-corrected chi connectivity index (χ3v) is 3.36. The van der Waals surface area contributed by atoms with E-state index in [1.165, 1.54) is 12.1 Å². The van der Waals surface area contributed by atoms with Crippen LogP contribution < -0.4 is 10.6 Å². The molecule has 6 heteroatoms. The van der Waals surface area contributed by atoms with Crippen molar-refractivity contribution in [3.63, 3.8) is 0 Å². The van der Waals surface area contributed by atoms with Gasteiger partial charge in [0.25, 0.3) is 0 Å². The van der Waals surface area contributed by atoms with Crippen molar-refractivity contribution in [1.82, 2.24) is 15.5 Å². The molecule has 0 aromatic heterocycles. The maximum absolute atomic E-state index is 12.9. The number of methoxy groups -OCH3 is 1. The first-order chi connectivity index (χ1) is 11.2. The monoisotopic (exact) mass is 324 g/mol. The summed E-state index contributed by atoms with van der Waals surface area (Å²) in [5.41, 5.74) is 0.989. The van der Waals surface area contributed by atoms with Crippen molar-refractivity contribution in [3.8, 4) is 0 Å². The Labute approximate surface area is 138 Å². The fourth-order valence-electron chi connectivity index (χ4n) is 2.02. The summed E-state index contributed by atoms with van der Waals surface area (Å²) in [5, 5.41) is 6.54. The van der Waals surface area contributed by atoms with Gasteiger partial charge in [0.1, 0.15) is 5.82 Å². The van der Waals surface area contributed by atoms with Crippen LogP contribution in [0.25, 0.3) is 0 Å². The van der Waals surface area contributed by atoms with Gasteiger partial charge in [-0.1, -0.05) is 12.1 Å². The van der Waals surface area contributed by atoms with E-state index >= 15 is 0 Å². The highest BCUT2D eigenvalue weighted by Gasteiger charge is 2.00. The number of guanidine groups is 1. The van der Waals surface area contributed by atoms with Gasteiger partial charge in [0.15, 0.2) is 5.96 Å². The topological polar surface area (TPSA) is 48.9 Å². The summed E-state index contributed by atoms with van der Waals surface area (Å²) in [4.78, 5) is 6.76. The lowest BCUT2D eigenvalue weighted by molar-refractivity contribution is 0.161. The van der Waals surface area contributed by atoms with Crippen LogP contribution in [0, 0.1) is 5.82 Å². The van der Waals surface area contributed by atoms with Gasteiger partial charge in [-0.2, -0.15) is 0 Å². The molecule has 0 unspecified atom stereocenters. The van der Waals surface area contributed by atoms with E-state index in [4.69, 9.17) is 4.74 Å². The Morgan fingerprint density at radius 2 is 1.96 bits per heavy atom. The van der Waals surface area contributed by atoms with Gasteiger partial charge in [-0.25, -0.2) is 9.38 Å². The lowest BCUT2D eigenvalue weighted by Crippen LogP contribution is -2.38. The number of aliphatic imine (C=N–C) groups is 1. The molecule has 5 nitrogen and oxygen atoms in total. The van der Waals surface area contributed by atoms with Crippen LogP contribution in [0.1, 0.15) is 18.9 Å². The molecule has 0 spiro atoms. The first kappa shape index (κ1) is 19.4. The predicted molar refractivity (Wildman–Crippen MR) is 93.2 cm³/mol. The predicted octanol–water partition coefficient (Wildman–Crippen LogP) is 1.85. The Balaban J connectivity index is 2.33. The molecule has 1 aromatic carbocycles. The maximum Gasteiger partial charge on any atom is 0.191 e. The van der Waals surface area contributed by atoms with Crippen molar-refractivity contribution in [2.24, 2.45) is 4.99 Å². The van der Waals surface area contributed by atoms with Crippen molar-refractivity contribution in [2.75, 3.05) is 46.9 Å². The Morgan fingerprint density at radius 1 is 1.22 bits per heavy atom. The summed E-state index contributed by atoms with van der Waals surface area (Å²) in [6, 6.07) is 6.43. The summed E-state index contributed by atoms with van der Waals surface area (Å²) < 4.78 is 17.9. The summed E-state index contributed by atoms with van der Waals surface area (Å²) in [6.07, 6.45) is 1.03. The van der Waals surface area contributed by atoms with Crippen LogP contribution >= 0.6 is 0 Å². The lowest BCUT2D eigenvalue weighted by Gasteiger charge is -2.17. The molecular weight excluding hydrogens is 295 g/mol. The van der Waals surface area contributed by atoms with Crippen LogP contribution in [0.4, 0.5) is 4.39 Å². The van der Waals surface area contributed by atoms with Gasteiger partial charge in [-0.15, -0.1) is 0 Å². The molecule has 1 rings (SSSR count). The molecule has 2 N–H and O–H groups in total. The number of likely N-dealkylation sites (N-methyl/N-ethyl adjacent to an activating group) is 1. The van der Waals surface area contributed by atoms with E-state index in [1.54, 1.807) is 19.2 Å². The van der Waals surface area contributed by atoms with E-state index in [2.05, 4.69) is 27.6 Å². The van der Waals surface area contributed by atoms with Crippen LogP contribution in [0.3, 0.4) is 0 Å². The Bertz CT molecular complexity index is 450. The minimum absolute atomic E-state index is 0.222. The fourth-order valence-corrected chi connectivity index (χ4v) is 2.02. The Hall–Kier alpha value is -1.66. The number of benzene rings is 1. The summed E-state index contributed by atoms with van der Waals surface area (Å²) in [5.74, 6) is 0.566. The summed E-state index contributed by atoms with van der Waals surface area (Å²) >= 11 is 0. The zero-order valence-electron chi connectivity index (χ0n) is 14.4. The number of nitrogens with one attached hydrogen (secondary N) is 2. The van der Waals surface area contributed by atoms with E-state index < -0.39 is 0 Å². The fraction of sp³-hybridized carbons (Fsp3) is 0.588. The molecular formula is C17H29FN4O. The average molecular weight is 324 g/mol. The van der Waals surface area contributed by atoms with Gasteiger partial charge < -0.3 is 20.3 Å². The van der Waals surface area contributed by atoms with Crippen LogP contribution in [-0.4, -0.2) is 57.8 Å². The molecule has 0 bridgehead atoms. The van der Waals surface area contributed by atoms with Gasteiger partial charge in [-0.3, -0.25) is 0 Å². The summed E-state index contributed by atoms with van der Waals surface area (Å²) in [6.45, 7) is 6.93. The molecule has 0 saturated carbocycles. The number of halogens is 1. The minimum Gasteiger partial charge on any atom is -0.383 e. The minimum atomic E-state index is -0.222. The largest absolute Gasteiger partial charge is 0.383 e. The van der Waals surface area contributed by atoms with Crippen molar-refractivity contribution < 1.29 is 9.13 Å². The smallest absolute Gasteiger partial charge is 0.191 e. The van der Waals surface area contributed by atoms with Gasteiger partial charge in [0, 0.05) is 26.7 Å². The van der Waals surface area contributed by atoms with Gasteiger partial charge in [-0.05, 0) is 44.6 Å². The number of hydrogen-bond donors (Lipinski definition) is 2. The van der Waals surface area contributed by atoms with Crippen molar-refractivity contribution in [3.05, 3.63) is 35.6 Å². The van der Waals surface area contributed by atoms with Gasteiger partial charge in [0.05, 0.1) is 13.2 Å². The first-order valence-electron chi connectivity index (χ1n) is 8.09. The van der Waals surface area contributed by atoms with E-state index in [9.17, 15) is 4.39 Å². The molecule has 0 radical (unpaired) electrons. The normalized spacial score (nSPS) is 11.8. The zero-order chi connectivity index (χ0) is 16.9. The van der Waals surface area contributed by atoms with Crippen LogP contribution in [0.15, 0.2) is 29.3 Å². The van der Waals surface area contributed by atoms with Crippen LogP contribution in [0.5, 0.6) is 0 Å². The quantitative estimate of drug-likeness (QED) is 0.392. The highest BCUT2D eigenvalue weighted by molar-refractivity contribution is 5.79. The number of ether oxygens (including phenoxy) is 1. The summed E-state index contributed by atoms with van der Waals surface area (Å²) in [7, 11) is 3.81. The van der Waals surface area contributed by atoms with Crippen molar-refractivity contribution >= 4 is 5.96 Å². The highest BCUT2D eigenvalue weighted by Crippen LogP contribution is 2.03. The van der Waals surface area contributed by atoms with Gasteiger partial charge in [0.2, 0.25) is 0 Å². The SMILES string of the molecule is CCNC(=NCc1ccc(F)cc1)NCCCN(C)CCOC. The standard InChI is InChI=1S/C17H29FN4O/c1-4-19-17(20-10-5-11-22(2)12-13-23-3)21-14-15-6-8-16(18)9-7-15/h6-9H,4-5,10-14H2,1-3H3,(H2,19,20,21). The van der Waals surface area contributed by atoms with E-state index in [0.717, 1.165) is 50.7 Å². The van der Waals surface area contributed by atoms with Crippen molar-refractivity contribution in [1.29, 1.82) is 0 Å². The third kappa shape index (κ3) is 9.15. The third-order valence-electron chi connectivity index (χ3n) is 3.36. The van der Waals surface area contributed by atoms with Gasteiger partial charge >= 0.3 is 0 Å². The lowest BCUT2D eigenvalue weighted by atomic mass is 10.2. The number of nitrogens with zero attached hydrogens (tertiary/aromatic N) is 2. The van der Waals surface area contributed by atoms with Crippen molar-refractivity contribution in [2.45, 2.75) is 19.9 Å². The Kier molecular flexibility index (Phi) is 9.99. The molecule has 0 aliphatic carbocycles. The van der Waals surface area contributed by atoms with E-state index in [-0.39, 0.29) is 5.82 Å². The Morgan fingerprint density at radius 3 is 2.61 bits per heavy atom. The molecule has 1 aromatic rings. The molecule has 0 atom stereocenters. The zero-order valence-corrected chi connectivity index (χ0v) is 14.4. The second-order valence-electron chi connectivity index (χ2n) is 5.40. The number of rotatable bonds is 10. The van der Waals surface area contributed by atoms with E-state index in [0.29, 0.717) is 6.54 Å². The van der Waals surface area contributed by atoms with E-state index in [1.807, 2.05) is 6.92 Å². The second kappa shape index (κ2) is 11.8. The molecule has 0 aliphatic rings. The molecule has 0 fully saturated rings. The van der Waals surface area contributed by atoms with Crippen LogP contribution in [0.2, 0.25) is 0 Å². The molecule has 23 heavy (non-hydrogen) atoms.